The van der Waals surface area contributed by atoms with Gasteiger partial charge in [0.25, 0.3) is 0 Å². The average molecular weight is 469 g/mol. The first kappa shape index (κ1) is 32.9. The van der Waals surface area contributed by atoms with Gasteiger partial charge in [0.2, 0.25) is 0 Å². The number of ether oxygens (including phenoxy) is 1. The van der Waals surface area contributed by atoms with E-state index in [-0.39, 0.29) is 0 Å². The molecule has 0 bridgehead atoms. The normalized spacial score (nSPS) is 12.5. The average Bonchev–Trinajstić information content (AvgIpc) is 2.83. The molecule has 0 rings (SSSR count). The Bertz CT molecular complexity index is 331. The predicted molar refractivity (Wildman–Crippen MR) is 148 cm³/mol. The fraction of sp³-hybridized carbons (Fsp3) is 1.00. The van der Waals surface area contributed by atoms with Gasteiger partial charge >= 0.3 is 0 Å². The van der Waals surface area contributed by atoms with Crippen LogP contribution in [0.5, 0.6) is 0 Å². The zero-order chi connectivity index (χ0) is 24.1. The topological polar surface area (TPSA) is 29.5 Å². The summed E-state index contributed by atoms with van der Waals surface area (Å²) in [5.74, 6) is 0. The fourth-order valence-corrected chi connectivity index (χ4v) is 4.76. The third-order valence-electron chi connectivity index (χ3n) is 7.16. The van der Waals surface area contributed by atoms with Gasteiger partial charge in [0.1, 0.15) is 0 Å². The highest BCUT2D eigenvalue weighted by molar-refractivity contribution is 4.52. The molecule has 0 fully saturated rings. The van der Waals surface area contributed by atoms with Crippen molar-refractivity contribution in [2.45, 2.75) is 193 Å². The molecule has 1 unspecified atom stereocenters. The fourth-order valence-electron chi connectivity index (χ4n) is 4.76. The van der Waals surface area contributed by atoms with Crippen LogP contribution in [-0.2, 0) is 4.74 Å². The lowest BCUT2D eigenvalue weighted by atomic mass is 10.0. The SMILES string of the molecule is CCCCCCCCCCCCCCCCCCCCCCCCCCCCOC(O)CC. The van der Waals surface area contributed by atoms with Crippen molar-refractivity contribution in [3.63, 3.8) is 0 Å². The second-order valence-corrected chi connectivity index (χ2v) is 10.6. The molecule has 0 aromatic heterocycles. The number of unbranched alkanes of at least 4 members (excludes halogenated alkanes) is 25. The van der Waals surface area contributed by atoms with Crippen LogP contribution in [0.25, 0.3) is 0 Å². The molecule has 0 aromatic carbocycles. The van der Waals surface area contributed by atoms with Gasteiger partial charge in [0, 0.05) is 6.61 Å². The molecule has 0 amide bonds. The molecule has 0 saturated heterocycles. The second kappa shape index (κ2) is 30.0. The Morgan fingerprint density at radius 2 is 0.636 bits per heavy atom. The highest BCUT2D eigenvalue weighted by Gasteiger charge is 1.99. The Morgan fingerprint density at radius 3 is 0.879 bits per heavy atom. The van der Waals surface area contributed by atoms with Gasteiger partial charge < -0.3 is 9.84 Å². The molecule has 0 saturated carbocycles. The molecule has 0 radical (unpaired) electrons. The van der Waals surface area contributed by atoms with Crippen molar-refractivity contribution in [2.75, 3.05) is 6.61 Å². The first-order valence-corrected chi connectivity index (χ1v) is 15.6. The van der Waals surface area contributed by atoms with Crippen LogP contribution in [0.1, 0.15) is 187 Å². The predicted octanol–water partition coefficient (Wildman–Crippen LogP) is 10.9. The number of rotatable bonds is 29. The highest BCUT2D eigenvalue weighted by atomic mass is 16.6. The number of hydrogen-bond acceptors (Lipinski definition) is 2. The summed E-state index contributed by atoms with van der Waals surface area (Å²) in [7, 11) is 0. The van der Waals surface area contributed by atoms with Crippen LogP contribution in [0, 0.1) is 0 Å². The van der Waals surface area contributed by atoms with Crippen LogP contribution in [0.15, 0.2) is 0 Å². The summed E-state index contributed by atoms with van der Waals surface area (Å²) in [6.45, 7) is 4.97. The van der Waals surface area contributed by atoms with Crippen LogP contribution in [0.2, 0.25) is 0 Å². The van der Waals surface area contributed by atoms with Gasteiger partial charge in [-0.2, -0.15) is 0 Å². The number of hydrogen-bond donors (Lipinski definition) is 1. The Labute approximate surface area is 210 Å². The molecule has 1 atom stereocenters. The van der Waals surface area contributed by atoms with Gasteiger partial charge in [-0.1, -0.05) is 174 Å². The summed E-state index contributed by atoms with van der Waals surface area (Å²) >= 11 is 0. The van der Waals surface area contributed by atoms with E-state index < -0.39 is 6.29 Å². The lowest BCUT2D eigenvalue weighted by Gasteiger charge is -2.08. The summed E-state index contributed by atoms with van der Waals surface area (Å²) in [6.07, 6.45) is 37.2. The molecular weight excluding hydrogens is 404 g/mol. The maximum absolute atomic E-state index is 9.33. The van der Waals surface area contributed by atoms with Crippen molar-refractivity contribution < 1.29 is 9.84 Å². The van der Waals surface area contributed by atoms with Crippen LogP contribution in [0.4, 0.5) is 0 Å². The second-order valence-electron chi connectivity index (χ2n) is 10.6. The molecule has 2 nitrogen and oxygen atoms in total. The largest absolute Gasteiger partial charge is 0.368 e. The van der Waals surface area contributed by atoms with Gasteiger partial charge in [-0.25, -0.2) is 0 Å². The van der Waals surface area contributed by atoms with E-state index >= 15 is 0 Å². The van der Waals surface area contributed by atoms with E-state index in [0.29, 0.717) is 13.0 Å². The van der Waals surface area contributed by atoms with Crippen LogP contribution >= 0.6 is 0 Å². The summed E-state index contributed by atoms with van der Waals surface area (Å²) in [6, 6.07) is 0. The molecule has 0 aromatic rings. The van der Waals surface area contributed by atoms with E-state index in [9.17, 15) is 5.11 Å². The third-order valence-corrected chi connectivity index (χ3v) is 7.16. The maximum atomic E-state index is 9.33. The van der Waals surface area contributed by atoms with Crippen molar-refractivity contribution in [1.82, 2.24) is 0 Å². The number of aliphatic hydroxyl groups excluding tert-OH is 1. The monoisotopic (exact) mass is 468 g/mol. The van der Waals surface area contributed by atoms with Crippen molar-refractivity contribution >= 4 is 0 Å². The molecule has 0 aliphatic rings. The molecule has 0 aliphatic heterocycles. The van der Waals surface area contributed by atoms with Gasteiger partial charge in [-0.15, -0.1) is 0 Å². The van der Waals surface area contributed by atoms with Crippen molar-refractivity contribution in [2.24, 2.45) is 0 Å². The zero-order valence-electron chi connectivity index (χ0n) is 23.2. The minimum absolute atomic E-state index is 0.552. The minimum Gasteiger partial charge on any atom is -0.368 e. The Balaban J connectivity index is 3.01. The molecule has 200 valence electrons. The minimum atomic E-state index is -0.552. The first-order chi connectivity index (χ1) is 16.3. The van der Waals surface area contributed by atoms with E-state index in [1.54, 1.807) is 0 Å². The van der Waals surface area contributed by atoms with Crippen LogP contribution in [0.3, 0.4) is 0 Å². The molecule has 0 heterocycles. The lowest BCUT2D eigenvalue weighted by Crippen LogP contribution is -2.10. The van der Waals surface area contributed by atoms with Gasteiger partial charge in [0.05, 0.1) is 0 Å². The summed E-state index contributed by atoms with van der Waals surface area (Å²) in [4.78, 5) is 0. The quantitative estimate of drug-likeness (QED) is 0.0873. The van der Waals surface area contributed by atoms with Crippen LogP contribution in [-0.4, -0.2) is 18.0 Å². The lowest BCUT2D eigenvalue weighted by molar-refractivity contribution is -0.101. The molecule has 0 aliphatic carbocycles. The van der Waals surface area contributed by atoms with E-state index in [0.717, 1.165) is 6.42 Å². The summed E-state index contributed by atoms with van der Waals surface area (Å²) in [5.41, 5.74) is 0. The molecular formula is C31H64O2. The molecule has 33 heavy (non-hydrogen) atoms. The highest BCUT2D eigenvalue weighted by Crippen LogP contribution is 2.16. The van der Waals surface area contributed by atoms with E-state index in [4.69, 9.17) is 4.74 Å². The van der Waals surface area contributed by atoms with Crippen molar-refractivity contribution in [3.8, 4) is 0 Å². The molecule has 1 N–H and O–H groups in total. The summed E-state index contributed by atoms with van der Waals surface area (Å²) < 4.78 is 5.30. The summed E-state index contributed by atoms with van der Waals surface area (Å²) in [5, 5.41) is 9.33. The van der Waals surface area contributed by atoms with Gasteiger partial charge in [0.15, 0.2) is 6.29 Å². The Kier molecular flexibility index (Phi) is 29.9. The third kappa shape index (κ3) is 29.9. The standard InChI is InChI=1S/C31H64O2/c1-3-5-6-7-8-9-10-11-12-13-14-15-16-17-18-19-20-21-22-23-24-25-26-27-28-29-30-33-31(32)4-2/h31-32H,3-30H2,1-2H3. The number of aliphatic hydroxyl groups is 1. The Hall–Kier alpha value is -0.0800. The van der Waals surface area contributed by atoms with Crippen molar-refractivity contribution in [3.05, 3.63) is 0 Å². The van der Waals surface area contributed by atoms with Crippen LogP contribution < -0.4 is 0 Å². The van der Waals surface area contributed by atoms with E-state index in [2.05, 4.69) is 6.92 Å². The van der Waals surface area contributed by atoms with E-state index in [1.165, 1.54) is 161 Å². The maximum Gasteiger partial charge on any atom is 0.154 e. The van der Waals surface area contributed by atoms with Gasteiger partial charge in [-0.05, 0) is 12.8 Å². The van der Waals surface area contributed by atoms with E-state index in [1.807, 2.05) is 6.92 Å². The first-order valence-electron chi connectivity index (χ1n) is 15.6. The molecule has 0 spiro atoms. The Morgan fingerprint density at radius 1 is 0.394 bits per heavy atom. The van der Waals surface area contributed by atoms with Gasteiger partial charge in [-0.3, -0.25) is 0 Å². The molecule has 2 heteroatoms. The smallest absolute Gasteiger partial charge is 0.154 e. The zero-order valence-corrected chi connectivity index (χ0v) is 23.2. The van der Waals surface area contributed by atoms with Crippen molar-refractivity contribution in [1.29, 1.82) is 0 Å².